The molecular weight excluding hydrogens is 488 g/mol. The molecule has 5 heterocycles. The highest BCUT2D eigenvalue weighted by Crippen LogP contribution is 2.30. The highest BCUT2D eigenvalue weighted by molar-refractivity contribution is 7.91. The van der Waals surface area contributed by atoms with Gasteiger partial charge >= 0.3 is 0 Å². The third-order valence-corrected chi connectivity index (χ3v) is 8.12. The lowest BCUT2D eigenvalue weighted by molar-refractivity contribution is -0.117. The Hall–Kier alpha value is -3.26. The zero-order valence-electron chi connectivity index (χ0n) is 19.2. The zero-order valence-corrected chi connectivity index (χ0v) is 20.9. The lowest BCUT2D eigenvalue weighted by Gasteiger charge is -2.27. The van der Waals surface area contributed by atoms with Crippen molar-refractivity contribution in [2.24, 2.45) is 7.05 Å². The molecule has 4 aromatic heterocycles. The molecule has 1 aliphatic heterocycles. The second-order valence-corrected chi connectivity index (χ2v) is 11.0. The van der Waals surface area contributed by atoms with Gasteiger partial charge in [-0.05, 0) is 13.0 Å². The second-order valence-electron chi connectivity index (χ2n) is 8.29. The van der Waals surface area contributed by atoms with Gasteiger partial charge in [0.15, 0.2) is 0 Å². The summed E-state index contributed by atoms with van der Waals surface area (Å²) in [4.78, 5) is 33.5. The van der Waals surface area contributed by atoms with E-state index >= 15 is 0 Å². The van der Waals surface area contributed by atoms with Gasteiger partial charge in [-0.3, -0.25) is 24.2 Å². The molecule has 0 bridgehead atoms. The SMILES string of the molecule is Cc1ncc(NC(=O)CN2CC[S+]([O-])CC2)cc1NC(=O)c1cnn2cc(-c3cnn(C)c3)sc12. The van der Waals surface area contributed by atoms with Crippen LogP contribution in [0.2, 0.25) is 0 Å². The van der Waals surface area contributed by atoms with Crippen LogP contribution in [-0.2, 0) is 23.0 Å². The Bertz CT molecular complexity index is 1390. The van der Waals surface area contributed by atoms with Crippen LogP contribution in [-0.4, -0.2) is 76.8 Å². The van der Waals surface area contributed by atoms with E-state index < -0.39 is 11.2 Å². The fourth-order valence-corrected chi connectivity index (χ4v) is 5.94. The van der Waals surface area contributed by atoms with E-state index in [9.17, 15) is 14.1 Å². The average Bonchev–Trinajstić information content (AvgIpc) is 3.53. The molecule has 0 unspecified atom stereocenters. The summed E-state index contributed by atoms with van der Waals surface area (Å²) in [6, 6.07) is 1.69. The number of fused-ring (bicyclic) bond motifs is 1. The summed E-state index contributed by atoms with van der Waals surface area (Å²) in [5.41, 5.74) is 3.02. The molecule has 2 amide bonds. The molecule has 2 N–H and O–H groups in total. The smallest absolute Gasteiger partial charge is 0.260 e. The fraction of sp³-hybridized carbons (Fsp3) is 0.318. The molecule has 1 fully saturated rings. The number of hydrogen-bond donors (Lipinski definition) is 2. The summed E-state index contributed by atoms with van der Waals surface area (Å²) in [5.74, 6) is 0.687. The van der Waals surface area contributed by atoms with E-state index in [0.29, 0.717) is 47.2 Å². The first-order valence-corrected chi connectivity index (χ1v) is 13.3. The summed E-state index contributed by atoms with van der Waals surface area (Å²) in [5, 5.41) is 14.2. The van der Waals surface area contributed by atoms with Gasteiger partial charge in [-0.2, -0.15) is 10.2 Å². The Morgan fingerprint density at radius 2 is 1.94 bits per heavy atom. The van der Waals surface area contributed by atoms with Crippen molar-refractivity contribution in [2.45, 2.75) is 6.92 Å². The van der Waals surface area contributed by atoms with Crippen molar-refractivity contribution in [2.75, 3.05) is 41.8 Å². The Balaban J connectivity index is 1.28. The number of carbonyl (C=O) groups excluding carboxylic acids is 2. The van der Waals surface area contributed by atoms with E-state index in [4.69, 9.17) is 0 Å². The van der Waals surface area contributed by atoms with E-state index in [-0.39, 0.29) is 18.4 Å². The minimum Gasteiger partial charge on any atom is -0.616 e. The molecule has 35 heavy (non-hydrogen) atoms. The summed E-state index contributed by atoms with van der Waals surface area (Å²) < 4.78 is 14.9. The molecule has 1 saturated heterocycles. The van der Waals surface area contributed by atoms with Gasteiger partial charge < -0.3 is 15.2 Å². The van der Waals surface area contributed by atoms with Gasteiger partial charge in [0.25, 0.3) is 5.91 Å². The predicted molar refractivity (Wildman–Crippen MR) is 135 cm³/mol. The average molecular weight is 513 g/mol. The number of nitrogens with zero attached hydrogens (tertiary/aromatic N) is 6. The van der Waals surface area contributed by atoms with Crippen LogP contribution in [0.1, 0.15) is 16.1 Å². The molecule has 0 radical (unpaired) electrons. The molecule has 4 aromatic rings. The molecule has 0 atom stereocenters. The summed E-state index contributed by atoms with van der Waals surface area (Å²) >= 11 is 0.671. The van der Waals surface area contributed by atoms with Gasteiger partial charge in [0.1, 0.15) is 16.3 Å². The quantitative estimate of drug-likeness (QED) is 0.376. The lowest BCUT2D eigenvalue weighted by atomic mass is 10.2. The third kappa shape index (κ3) is 5.22. The van der Waals surface area contributed by atoms with E-state index in [2.05, 4.69) is 25.8 Å². The van der Waals surface area contributed by atoms with Gasteiger partial charge in [0.2, 0.25) is 5.91 Å². The number of carbonyl (C=O) groups is 2. The van der Waals surface area contributed by atoms with Gasteiger partial charge in [-0.25, -0.2) is 4.52 Å². The maximum absolute atomic E-state index is 13.1. The van der Waals surface area contributed by atoms with Crippen LogP contribution >= 0.6 is 11.3 Å². The van der Waals surface area contributed by atoms with Crippen molar-refractivity contribution < 1.29 is 14.1 Å². The first-order chi connectivity index (χ1) is 16.9. The molecule has 0 aromatic carbocycles. The molecule has 0 aliphatic carbocycles. The summed E-state index contributed by atoms with van der Waals surface area (Å²) in [7, 11) is 1.85. The number of anilines is 2. The van der Waals surface area contributed by atoms with Crippen LogP contribution in [0.25, 0.3) is 15.3 Å². The zero-order chi connectivity index (χ0) is 24.5. The molecule has 0 saturated carbocycles. The Kier molecular flexibility index (Phi) is 6.56. The van der Waals surface area contributed by atoms with Crippen LogP contribution < -0.4 is 10.6 Å². The number of hydrogen-bond acceptors (Lipinski definition) is 8. The monoisotopic (exact) mass is 512 g/mol. The molecule has 0 spiro atoms. The molecular formula is C22H24N8O3S2. The molecule has 1 aliphatic rings. The van der Waals surface area contributed by atoms with E-state index in [1.54, 1.807) is 34.6 Å². The number of pyridine rings is 1. The maximum Gasteiger partial charge on any atom is 0.260 e. The van der Waals surface area contributed by atoms with Gasteiger partial charge in [-0.1, -0.05) is 11.2 Å². The van der Waals surface area contributed by atoms with Gasteiger partial charge in [-0.15, -0.1) is 11.3 Å². The number of rotatable bonds is 6. The molecule has 11 nitrogen and oxygen atoms in total. The first kappa shape index (κ1) is 23.5. The highest BCUT2D eigenvalue weighted by Gasteiger charge is 2.22. The van der Waals surface area contributed by atoms with E-state index in [1.165, 1.54) is 17.5 Å². The third-order valence-electron chi connectivity index (χ3n) is 5.69. The van der Waals surface area contributed by atoms with E-state index in [1.807, 2.05) is 24.3 Å². The van der Waals surface area contributed by atoms with Crippen LogP contribution in [0.15, 0.2) is 37.1 Å². The Morgan fingerprint density at radius 3 is 2.69 bits per heavy atom. The molecule has 13 heteroatoms. The summed E-state index contributed by atoms with van der Waals surface area (Å²) in [6.07, 6.45) is 8.65. The normalized spacial score (nSPS) is 14.9. The number of aryl methyl sites for hydroxylation is 2. The first-order valence-electron chi connectivity index (χ1n) is 11.0. The maximum atomic E-state index is 13.1. The van der Waals surface area contributed by atoms with E-state index in [0.717, 1.165) is 15.3 Å². The second kappa shape index (κ2) is 9.77. The number of nitrogens with one attached hydrogen (secondary N) is 2. The van der Waals surface area contributed by atoms with Crippen molar-refractivity contribution >= 4 is 50.5 Å². The number of aromatic nitrogens is 5. The minimum atomic E-state index is -0.787. The molecule has 182 valence electrons. The van der Waals surface area contributed by atoms with Crippen molar-refractivity contribution in [3.63, 3.8) is 0 Å². The summed E-state index contributed by atoms with van der Waals surface area (Å²) in [6.45, 7) is 3.28. The predicted octanol–water partition coefficient (Wildman–Crippen LogP) is 1.75. The lowest BCUT2D eigenvalue weighted by Crippen LogP contribution is -2.43. The number of amides is 2. The van der Waals surface area contributed by atoms with Crippen LogP contribution in [0.4, 0.5) is 11.4 Å². The Morgan fingerprint density at radius 1 is 1.14 bits per heavy atom. The van der Waals surface area contributed by atoms with Crippen LogP contribution in [0.5, 0.6) is 0 Å². The Labute approximate surface area is 208 Å². The minimum absolute atomic E-state index is 0.180. The van der Waals surface area contributed by atoms with Crippen molar-refractivity contribution in [3.8, 4) is 10.4 Å². The van der Waals surface area contributed by atoms with Gasteiger partial charge in [0, 0.05) is 38.1 Å². The van der Waals surface area contributed by atoms with Crippen LogP contribution in [0.3, 0.4) is 0 Å². The fourth-order valence-electron chi connectivity index (χ4n) is 3.78. The van der Waals surface area contributed by atoms with Crippen molar-refractivity contribution in [1.82, 2.24) is 29.3 Å². The number of thiazole rings is 1. The van der Waals surface area contributed by atoms with Crippen molar-refractivity contribution in [3.05, 3.63) is 48.3 Å². The van der Waals surface area contributed by atoms with Crippen LogP contribution in [0, 0.1) is 6.92 Å². The topological polar surface area (TPSA) is 133 Å². The molecule has 5 rings (SSSR count). The highest BCUT2D eigenvalue weighted by atomic mass is 32.2. The standard InChI is InChI=1S/C22H24N8O3S2/c1-14-18(7-16(9-23-14)26-20(31)13-29-3-5-35(33)6-4-29)27-21(32)17-10-25-30-12-19(34-22(17)30)15-8-24-28(2)11-15/h7-12H,3-6,13H2,1-2H3,(H,26,31)(H,27,32). The van der Waals surface area contributed by atoms with Crippen molar-refractivity contribution in [1.29, 1.82) is 0 Å². The largest absolute Gasteiger partial charge is 0.616 e. The van der Waals surface area contributed by atoms with Gasteiger partial charge in [0.05, 0.1) is 52.6 Å².